The third kappa shape index (κ3) is 10.1. The number of alkyl halides is 3. The van der Waals surface area contributed by atoms with Crippen molar-refractivity contribution in [1.82, 2.24) is 4.90 Å². The zero-order valence-corrected chi connectivity index (χ0v) is 9.79. The van der Waals surface area contributed by atoms with Crippen molar-refractivity contribution in [2.75, 3.05) is 33.4 Å². The molecule has 0 saturated carbocycles. The largest absolute Gasteiger partial charge is 0.469 e. The Kier molecular flexibility index (Phi) is 7.90. The van der Waals surface area contributed by atoms with Crippen LogP contribution >= 0.6 is 0 Å². The number of carbonyl (C=O) groups excluding carboxylic acids is 1. The minimum absolute atomic E-state index is 0.101. The Bertz CT molecular complexity index is 221. The molecule has 0 atom stereocenters. The highest BCUT2D eigenvalue weighted by atomic mass is 19.4. The summed E-state index contributed by atoms with van der Waals surface area (Å²) in [5, 5.41) is 8.58. The Labute approximate surface area is 98.3 Å². The first kappa shape index (κ1) is 16.2. The van der Waals surface area contributed by atoms with Gasteiger partial charge in [0.1, 0.15) is 0 Å². The summed E-state index contributed by atoms with van der Waals surface area (Å²) in [6.45, 7) is -0.842. The molecule has 0 amide bonds. The van der Waals surface area contributed by atoms with Gasteiger partial charge in [0.25, 0.3) is 0 Å². The zero-order valence-electron chi connectivity index (χ0n) is 9.79. The number of nitrogens with zero attached hydrogens (tertiary/aromatic N) is 1. The molecule has 0 saturated heterocycles. The fourth-order valence-corrected chi connectivity index (χ4v) is 1.37. The van der Waals surface area contributed by atoms with E-state index in [0.717, 1.165) is 0 Å². The lowest BCUT2D eigenvalue weighted by atomic mass is 10.2. The first-order valence-electron chi connectivity index (χ1n) is 5.36. The van der Waals surface area contributed by atoms with Crippen molar-refractivity contribution < 1.29 is 27.8 Å². The SMILES string of the molecule is COC(=O)CCCN(CCCO)CC(F)(F)F. The van der Waals surface area contributed by atoms with Crippen molar-refractivity contribution in [2.45, 2.75) is 25.4 Å². The van der Waals surface area contributed by atoms with E-state index in [-0.39, 0.29) is 32.5 Å². The highest BCUT2D eigenvalue weighted by Gasteiger charge is 2.30. The van der Waals surface area contributed by atoms with Crippen LogP contribution in [0.1, 0.15) is 19.3 Å². The van der Waals surface area contributed by atoms with Crippen LogP contribution in [0.5, 0.6) is 0 Å². The maximum atomic E-state index is 12.2. The average molecular weight is 257 g/mol. The van der Waals surface area contributed by atoms with Crippen molar-refractivity contribution in [1.29, 1.82) is 0 Å². The molecule has 0 rings (SSSR count). The molecule has 0 aliphatic carbocycles. The van der Waals surface area contributed by atoms with Crippen LogP contribution in [0.3, 0.4) is 0 Å². The van der Waals surface area contributed by atoms with Gasteiger partial charge in [-0.3, -0.25) is 9.69 Å². The van der Waals surface area contributed by atoms with Crippen LogP contribution in [0.4, 0.5) is 13.2 Å². The molecule has 0 bridgehead atoms. The van der Waals surface area contributed by atoms with Crippen LogP contribution in [-0.2, 0) is 9.53 Å². The number of methoxy groups -OCH3 is 1. The van der Waals surface area contributed by atoms with Gasteiger partial charge in [-0.05, 0) is 19.4 Å². The molecule has 0 radical (unpaired) electrons. The third-order valence-electron chi connectivity index (χ3n) is 2.12. The Morgan fingerprint density at radius 3 is 2.35 bits per heavy atom. The Hall–Kier alpha value is -0.820. The topological polar surface area (TPSA) is 49.8 Å². The molecule has 0 heterocycles. The summed E-state index contributed by atoms with van der Waals surface area (Å²) in [7, 11) is 1.24. The molecule has 0 unspecified atom stereocenters. The molecule has 7 heteroatoms. The van der Waals surface area contributed by atoms with Crippen LogP contribution in [0, 0.1) is 0 Å². The Morgan fingerprint density at radius 2 is 1.88 bits per heavy atom. The molecular formula is C10H18F3NO3. The zero-order chi connectivity index (χ0) is 13.3. The first-order chi connectivity index (χ1) is 7.89. The van der Waals surface area contributed by atoms with E-state index < -0.39 is 18.7 Å². The third-order valence-corrected chi connectivity index (χ3v) is 2.12. The van der Waals surface area contributed by atoms with Crippen LogP contribution < -0.4 is 0 Å². The number of hydrogen-bond donors (Lipinski definition) is 1. The lowest BCUT2D eigenvalue weighted by Gasteiger charge is -2.22. The van der Waals surface area contributed by atoms with Crippen molar-refractivity contribution in [2.24, 2.45) is 0 Å². The monoisotopic (exact) mass is 257 g/mol. The molecule has 0 aliphatic rings. The maximum absolute atomic E-state index is 12.2. The average Bonchev–Trinajstić information content (AvgIpc) is 2.23. The minimum atomic E-state index is -4.26. The van der Waals surface area contributed by atoms with Gasteiger partial charge < -0.3 is 9.84 Å². The number of aliphatic hydroxyl groups excluding tert-OH is 1. The summed E-state index contributed by atoms with van der Waals surface area (Å²) in [6, 6.07) is 0. The van der Waals surface area contributed by atoms with Gasteiger partial charge in [-0.15, -0.1) is 0 Å². The van der Waals surface area contributed by atoms with E-state index in [1.54, 1.807) is 0 Å². The van der Waals surface area contributed by atoms with E-state index in [0.29, 0.717) is 6.42 Å². The summed E-state index contributed by atoms with van der Waals surface area (Å²) >= 11 is 0. The van der Waals surface area contributed by atoms with Crippen LogP contribution in [-0.4, -0.2) is 55.5 Å². The number of hydrogen-bond acceptors (Lipinski definition) is 4. The van der Waals surface area contributed by atoms with Crippen LogP contribution in [0.15, 0.2) is 0 Å². The molecule has 0 aliphatic heterocycles. The first-order valence-corrected chi connectivity index (χ1v) is 5.36. The predicted molar refractivity (Wildman–Crippen MR) is 55.4 cm³/mol. The highest BCUT2D eigenvalue weighted by molar-refractivity contribution is 5.69. The second-order valence-electron chi connectivity index (χ2n) is 3.65. The van der Waals surface area contributed by atoms with Gasteiger partial charge in [0.2, 0.25) is 0 Å². The second kappa shape index (κ2) is 8.30. The van der Waals surface area contributed by atoms with Crippen LogP contribution in [0.25, 0.3) is 0 Å². The molecular weight excluding hydrogens is 239 g/mol. The molecule has 17 heavy (non-hydrogen) atoms. The van der Waals surface area contributed by atoms with Gasteiger partial charge in [-0.2, -0.15) is 13.2 Å². The normalized spacial score (nSPS) is 11.9. The van der Waals surface area contributed by atoms with Gasteiger partial charge in [0.05, 0.1) is 13.7 Å². The lowest BCUT2D eigenvalue weighted by molar-refractivity contribution is -0.147. The summed E-state index contributed by atoms with van der Waals surface area (Å²) in [5.74, 6) is -0.431. The lowest BCUT2D eigenvalue weighted by Crippen LogP contribution is -2.36. The number of halogens is 3. The number of carbonyl (C=O) groups is 1. The number of aliphatic hydroxyl groups is 1. The van der Waals surface area contributed by atoms with Crippen molar-refractivity contribution in [3.63, 3.8) is 0 Å². The number of ether oxygens (including phenoxy) is 1. The van der Waals surface area contributed by atoms with E-state index >= 15 is 0 Å². The summed E-state index contributed by atoms with van der Waals surface area (Å²) in [4.78, 5) is 12.0. The van der Waals surface area contributed by atoms with Gasteiger partial charge >= 0.3 is 12.1 Å². The van der Waals surface area contributed by atoms with E-state index in [9.17, 15) is 18.0 Å². The molecule has 0 fully saturated rings. The fourth-order valence-electron chi connectivity index (χ4n) is 1.37. The molecule has 0 aromatic carbocycles. The van der Waals surface area contributed by atoms with E-state index in [4.69, 9.17) is 5.11 Å². The maximum Gasteiger partial charge on any atom is 0.401 e. The van der Waals surface area contributed by atoms with Crippen LogP contribution in [0.2, 0.25) is 0 Å². The van der Waals surface area contributed by atoms with E-state index in [1.807, 2.05) is 0 Å². The molecule has 4 nitrogen and oxygen atoms in total. The second-order valence-corrected chi connectivity index (χ2v) is 3.65. The smallest absolute Gasteiger partial charge is 0.401 e. The summed E-state index contributed by atoms with van der Waals surface area (Å²) < 4.78 is 41.0. The van der Waals surface area contributed by atoms with E-state index in [2.05, 4.69) is 4.74 Å². The minimum Gasteiger partial charge on any atom is -0.469 e. The number of rotatable bonds is 8. The number of esters is 1. The van der Waals surface area contributed by atoms with Crippen molar-refractivity contribution in [3.8, 4) is 0 Å². The van der Waals surface area contributed by atoms with Gasteiger partial charge in [-0.1, -0.05) is 0 Å². The molecule has 1 N–H and O–H groups in total. The molecule has 0 aromatic heterocycles. The highest BCUT2D eigenvalue weighted by Crippen LogP contribution is 2.17. The van der Waals surface area contributed by atoms with Gasteiger partial charge in [0.15, 0.2) is 0 Å². The molecule has 0 aromatic rings. The fraction of sp³-hybridized carbons (Fsp3) is 0.900. The predicted octanol–water partition coefficient (Wildman–Crippen LogP) is 1.19. The standard InChI is InChI=1S/C10H18F3NO3/c1-17-9(16)4-2-5-14(6-3-7-15)8-10(11,12)13/h15H,2-8H2,1H3. The quantitative estimate of drug-likeness (QED) is 0.663. The van der Waals surface area contributed by atoms with Gasteiger partial charge in [-0.25, -0.2) is 0 Å². The Balaban J connectivity index is 3.97. The Morgan fingerprint density at radius 1 is 1.29 bits per heavy atom. The van der Waals surface area contributed by atoms with E-state index in [1.165, 1.54) is 12.0 Å². The molecule has 0 spiro atoms. The summed E-state index contributed by atoms with van der Waals surface area (Å²) in [5.41, 5.74) is 0. The van der Waals surface area contributed by atoms with Gasteiger partial charge in [0, 0.05) is 19.6 Å². The van der Waals surface area contributed by atoms with Crippen molar-refractivity contribution >= 4 is 5.97 Å². The summed E-state index contributed by atoms with van der Waals surface area (Å²) in [6.07, 6.45) is -3.56. The molecule has 102 valence electrons. The van der Waals surface area contributed by atoms with Crippen molar-refractivity contribution in [3.05, 3.63) is 0 Å².